The Bertz CT molecular complexity index is 442. The van der Waals surface area contributed by atoms with Gasteiger partial charge in [-0.05, 0) is 37.4 Å². The number of benzene rings is 1. The molecule has 1 heterocycles. The molecule has 1 aliphatic heterocycles. The number of ether oxygens (including phenoxy) is 2. The second-order valence-corrected chi connectivity index (χ2v) is 5.69. The standard InChI is InChI=1S/C15H22BrNO2/c1-4-10-8-12(18-2)15(19-3)13(14(10)16)11-6-5-7-17-9-11/h8,11,17H,4-7,9H2,1-3H3. The number of piperidine rings is 1. The van der Waals surface area contributed by atoms with E-state index in [0.717, 1.165) is 31.0 Å². The van der Waals surface area contributed by atoms with Gasteiger partial charge in [0.25, 0.3) is 0 Å². The van der Waals surface area contributed by atoms with Gasteiger partial charge in [-0.1, -0.05) is 22.9 Å². The van der Waals surface area contributed by atoms with Gasteiger partial charge in [-0.2, -0.15) is 0 Å². The highest BCUT2D eigenvalue weighted by atomic mass is 79.9. The van der Waals surface area contributed by atoms with E-state index in [-0.39, 0.29) is 0 Å². The van der Waals surface area contributed by atoms with E-state index in [1.165, 1.54) is 28.4 Å². The average molecular weight is 328 g/mol. The Labute approximate surface area is 123 Å². The molecule has 4 heteroatoms. The van der Waals surface area contributed by atoms with Crippen molar-refractivity contribution in [2.45, 2.75) is 32.1 Å². The van der Waals surface area contributed by atoms with Gasteiger partial charge in [-0.15, -0.1) is 0 Å². The van der Waals surface area contributed by atoms with Gasteiger partial charge in [-0.25, -0.2) is 0 Å². The first-order chi connectivity index (χ1) is 9.22. The van der Waals surface area contributed by atoms with Crippen molar-refractivity contribution in [2.24, 2.45) is 0 Å². The lowest BCUT2D eigenvalue weighted by molar-refractivity contribution is 0.343. The molecule has 106 valence electrons. The highest BCUT2D eigenvalue weighted by Crippen LogP contribution is 2.44. The highest BCUT2D eigenvalue weighted by Gasteiger charge is 2.25. The fourth-order valence-electron chi connectivity index (χ4n) is 2.77. The van der Waals surface area contributed by atoms with E-state index in [2.05, 4.69) is 34.2 Å². The lowest BCUT2D eigenvalue weighted by Gasteiger charge is -2.27. The van der Waals surface area contributed by atoms with Crippen molar-refractivity contribution in [3.63, 3.8) is 0 Å². The molecular weight excluding hydrogens is 306 g/mol. The molecule has 1 aromatic carbocycles. The molecule has 1 aliphatic rings. The third-order valence-corrected chi connectivity index (χ3v) is 4.74. The number of hydrogen-bond donors (Lipinski definition) is 1. The molecule has 0 radical (unpaired) electrons. The highest BCUT2D eigenvalue weighted by molar-refractivity contribution is 9.10. The lowest BCUT2D eigenvalue weighted by atomic mass is 9.89. The van der Waals surface area contributed by atoms with E-state index in [0.29, 0.717) is 5.92 Å². The zero-order valence-electron chi connectivity index (χ0n) is 11.9. The summed E-state index contributed by atoms with van der Waals surface area (Å²) in [6, 6.07) is 2.07. The second kappa shape index (κ2) is 6.62. The summed E-state index contributed by atoms with van der Waals surface area (Å²) < 4.78 is 12.3. The molecule has 0 aromatic heterocycles. The first kappa shape index (κ1) is 14.7. The van der Waals surface area contributed by atoms with Crippen LogP contribution in [0, 0.1) is 0 Å². The van der Waals surface area contributed by atoms with Gasteiger partial charge in [0.15, 0.2) is 11.5 Å². The van der Waals surface area contributed by atoms with Gasteiger partial charge in [0.1, 0.15) is 0 Å². The number of nitrogens with one attached hydrogen (secondary N) is 1. The van der Waals surface area contributed by atoms with Crippen LogP contribution >= 0.6 is 15.9 Å². The Balaban J connectivity index is 2.53. The van der Waals surface area contributed by atoms with E-state index in [4.69, 9.17) is 9.47 Å². The number of halogens is 1. The number of aryl methyl sites for hydroxylation is 1. The number of methoxy groups -OCH3 is 2. The van der Waals surface area contributed by atoms with Crippen LogP contribution < -0.4 is 14.8 Å². The molecule has 0 spiro atoms. The van der Waals surface area contributed by atoms with Gasteiger partial charge in [0.2, 0.25) is 0 Å². The predicted octanol–water partition coefficient (Wildman–Crippen LogP) is 3.50. The number of rotatable bonds is 4. The van der Waals surface area contributed by atoms with Crippen molar-refractivity contribution in [1.82, 2.24) is 5.32 Å². The van der Waals surface area contributed by atoms with Gasteiger partial charge in [-0.3, -0.25) is 0 Å². The van der Waals surface area contributed by atoms with E-state index in [9.17, 15) is 0 Å². The van der Waals surface area contributed by atoms with Gasteiger partial charge in [0, 0.05) is 22.5 Å². The molecule has 3 nitrogen and oxygen atoms in total. The maximum Gasteiger partial charge on any atom is 0.165 e. The summed E-state index contributed by atoms with van der Waals surface area (Å²) in [5.41, 5.74) is 2.53. The first-order valence-corrected chi connectivity index (χ1v) is 7.66. The molecule has 2 rings (SSSR count). The normalized spacial score (nSPS) is 19.3. The third kappa shape index (κ3) is 2.90. The Morgan fingerprint density at radius 3 is 2.68 bits per heavy atom. The van der Waals surface area contributed by atoms with E-state index < -0.39 is 0 Å². The Kier molecular flexibility index (Phi) is 5.11. The van der Waals surface area contributed by atoms with Crippen LogP contribution in [0.2, 0.25) is 0 Å². The van der Waals surface area contributed by atoms with Gasteiger partial charge in [0.05, 0.1) is 14.2 Å². The van der Waals surface area contributed by atoms with Crippen molar-refractivity contribution < 1.29 is 9.47 Å². The molecule has 0 saturated carbocycles. The molecule has 1 unspecified atom stereocenters. The minimum atomic E-state index is 0.485. The maximum absolute atomic E-state index is 5.62. The third-order valence-electron chi connectivity index (χ3n) is 3.80. The van der Waals surface area contributed by atoms with Crippen LogP contribution in [-0.2, 0) is 6.42 Å². The molecule has 1 fully saturated rings. The van der Waals surface area contributed by atoms with E-state index in [1.807, 2.05) is 0 Å². The van der Waals surface area contributed by atoms with Crippen molar-refractivity contribution in [3.8, 4) is 11.5 Å². The molecule has 1 N–H and O–H groups in total. The summed E-state index contributed by atoms with van der Waals surface area (Å²) in [6.07, 6.45) is 3.38. The quantitative estimate of drug-likeness (QED) is 0.918. The molecule has 0 bridgehead atoms. The molecular formula is C15H22BrNO2. The van der Waals surface area contributed by atoms with Crippen LogP contribution in [-0.4, -0.2) is 27.3 Å². The van der Waals surface area contributed by atoms with E-state index in [1.54, 1.807) is 14.2 Å². The predicted molar refractivity (Wildman–Crippen MR) is 81.5 cm³/mol. The summed E-state index contributed by atoms with van der Waals surface area (Å²) in [5, 5.41) is 3.47. The SMILES string of the molecule is CCc1cc(OC)c(OC)c(C2CCCNC2)c1Br. The lowest BCUT2D eigenvalue weighted by Crippen LogP contribution is -2.29. The summed E-state index contributed by atoms with van der Waals surface area (Å²) in [6.45, 7) is 4.28. The fourth-order valence-corrected chi connectivity index (χ4v) is 3.67. The molecule has 1 saturated heterocycles. The topological polar surface area (TPSA) is 30.5 Å². The van der Waals surface area contributed by atoms with Crippen LogP contribution in [0.15, 0.2) is 10.5 Å². The Morgan fingerprint density at radius 1 is 1.37 bits per heavy atom. The minimum absolute atomic E-state index is 0.485. The van der Waals surface area contributed by atoms with Gasteiger partial charge >= 0.3 is 0 Å². The summed E-state index contributed by atoms with van der Waals surface area (Å²) >= 11 is 3.77. The van der Waals surface area contributed by atoms with Crippen LogP contribution in [0.5, 0.6) is 11.5 Å². The molecule has 1 aromatic rings. The summed E-state index contributed by atoms with van der Waals surface area (Å²) in [7, 11) is 3.42. The Hall–Kier alpha value is -0.740. The second-order valence-electron chi connectivity index (χ2n) is 4.90. The van der Waals surface area contributed by atoms with Crippen LogP contribution in [0.25, 0.3) is 0 Å². The molecule has 1 atom stereocenters. The van der Waals surface area contributed by atoms with E-state index >= 15 is 0 Å². The van der Waals surface area contributed by atoms with Gasteiger partial charge < -0.3 is 14.8 Å². The maximum atomic E-state index is 5.62. The first-order valence-electron chi connectivity index (χ1n) is 6.86. The smallest absolute Gasteiger partial charge is 0.165 e. The minimum Gasteiger partial charge on any atom is -0.493 e. The molecule has 19 heavy (non-hydrogen) atoms. The van der Waals surface area contributed by atoms with Crippen LogP contribution in [0.3, 0.4) is 0 Å². The van der Waals surface area contributed by atoms with Crippen molar-refractivity contribution in [2.75, 3.05) is 27.3 Å². The van der Waals surface area contributed by atoms with Crippen LogP contribution in [0.1, 0.15) is 36.8 Å². The van der Waals surface area contributed by atoms with Crippen LogP contribution in [0.4, 0.5) is 0 Å². The zero-order chi connectivity index (χ0) is 13.8. The largest absolute Gasteiger partial charge is 0.493 e. The molecule has 0 amide bonds. The molecule has 0 aliphatic carbocycles. The zero-order valence-corrected chi connectivity index (χ0v) is 13.5. The number of hydrogen-bond acceptors (Lipinski definition) is 3. The van der Waals surface area contributed by atoms with Crippen molar-refractivity contribution >= 4 is 15.9 Å². The van der Waals surface area contributed by atoms with Crippen molar-refractivity contribution in [3.05, 3.63) is 21.7 Å². The summed E-state index contributed by atoms with van der Waals surface area (Å²) in [4.78, 5) is 0. The summed E-state index contributed by atoms with van der Waals surface area (Å²) in [5.74, 6) is 2.20. The fraction of sp³-hybridized carbons (Fsp3) is 0.600. The average Bonchev–Trinajstić information content (AvgIpc) is 2.47. The monoisotopic (exact) mass is 327 g/mol. The Morgan fingerprint density at radius 2 is 2.16 bits per heavy atom. The van der Waals surface area contributed by atoms with Crippen molar-refractivity contribution in [1.29, 1.82) is 0 Å².